The Labute approximate surface area is 120 Å². The Balaban J connectivity index is 2.53. The molecule has 3 unspecified atom stereocenters. The molecule has 2 nitrogen and oxygen atoms in total. The van der Waals surface area contributed by atoms with Crippen molar-refractivity contribution in [2.45, 2.75) is 72.8 Å². The monoisotopic (exact) mass is 269 g/mol. The predicted molar refractivity (Wildman–Crippen MR) is 83.2 cm³/mol. The second-order valence-corrected chi connectivity index (χ2v) is 7.44. The number of nitrogens with two attached hydrogens (primary N) is 1. The standard InChI is InChI=1S/C17H35NO/c1-6-17(4,5)15-8-7-14(12-18)16(11-15)19-10-9-13(2)3/h13-16H,6-12,18H2,1-5H3. The van der Waals surface area contributed by atoms with E-state index in [-0.39, 0.29) is 0 Å². The van der Waals surface area contributed by atoms with Gasteiger partial charge in [0, 0.05) is 6.61 Å². The second kappa shape index (κ2) is 7.64. The van der Waals surface area contributed by atoms with Crippen LogP contribution in [0.3, 0.4) is 0 Å². The maximum Gasteiger partial charge on any atom is 0.0618 e. The zero-order valence-electron chi connectivity index (χ0n) is 13.7. The van der Waals surface area contributed by atoms with Gasteiger partial charge in [-0.25, -0.2) is 0 Å². The van der Waals surface area contributed by atoms with Crippen LogP contribution in [-0.2, 0) is 4.74 Å². The third-order valence-electron chi connectivity index (χ3n) is 5.27. The fourth-order valence-corrected chi connectivity index (χ4v) is 3.12. The van der Waals surface area contributed by atoms with Crippen LogP contribution in [-0.4, -0.2) is 19.3 Å². The second-order valence-electron chi connectivity index (χ2n) is 7.44. The maximum atomic E-state index is 6.19. The minimum atomic E-state index is 0.397. The molecule has 0 bridgehead atoms. The van der Waals surface area contributed by atoms with Crippen molar-refractivity contribution in [2.24, 2.45) is 28.9 Å². The lowest BCUT2D eigenvalue weighted by Gasteiger charge is -2.42. The number of hydrogen-bond donors (Lipinski definition) is 1. The van der Waals surface area contributed by atoms with Crippen molar-refractivity contribution in [3.8, 4) is 0 Å². The van der Waals surface area contributed by atoms with Gasteiger partial charge < -0.3 is 10.5 Å². The van der Waals surface area contributed by atoms with Crippen molar-refractivity contribution in [2.75, 3.05) is 13.2 Å². The van der Waals surface area contributed by atoms with Crippen molar-refractivity contribution >= 4 is 0 Å². The van der Waals surface area contributed by atoms with Gasteiger partial charge in [-0.1, -0.05) is 41.0 Å². The Kier molecular flexibility index (Phi) is 6.82. The SMILES string of the molecule is CCC(C)(C)C1CCC(CN)C(OCCC(C)C)C1. The molecule has 0 aliphatic heterocycles. The summed E-state index contributed by atoms with van der Waals surface area (Å²) in [7, 11) is 0. The van der Waals surface area contributed by atoms with Gasteiger partial charge in [-0.2, -0.15) is 0 Å². The van der Waals surface area contributed by atoms with Crippen molar-refractivity contribution in [3.05, 3.63) is 0 Å². The number of rotatable bonds is 7. The molecule has 0 spiro atoms. The Bertz CT molecular complexity index is 250. The highest BCUT2D eigenvalue weighted by atomic mass is 16.5. The first-order valence-corrected chi connectivity index (χ1v) is 8.22. The first kappa shape index (κ1) is 17.0. The fraction of sp³-hybridized carbons (Fsp3) is 1.00. The Morgan fingerprint density at radius 2 is 1.95 bits per heavy atom. The average molecular weight is 269 g/mol. The van der Waals surface area contributed by atoms with Crippen LogP contribution in [0.1, 0.15) is 66.7 Å². The molecule has 19 heavy (non-hydrogen) atoms. The molecule has 2 N–H and O–H groups in total. The molecule has 0 heterocycles. The van der Waals surface area contributed by atoms with Crippen molar-refractivity contribution in [1.29, 1.82) is 0 Å². The van der Waals surface area contributed by atoms with Gasteiger partial charge in [0.15, 0.2) is 0 Å². The molecular formula is C17H35NO. The van der Waals surface area contributed by atoms with Crippen LogP contribution < -0.4 is 5.73 Å². The van der Waals surface area contributed by atoms with E-state index in [1.54, 1.807) is 0 Å². The highest BCUT2D eigenvalue weighted by Gasteiger charge is 2.37. The van der Waals surface area contributed by atoms with E-state index in [0.717, 1.165) is 31.4 Å². The number of hydrogen-bond acceptors (Lipinski definition) is 2. The lowest BCUT2D eigenvalue weighted by atomic mass is 9.66. The zero-order valence-corrected chi connectivity index (χ0v) is 13.7. The minimum absolute atomic E-state index is 0.397. The summed E-state index contributed by atoms with van der Waals surface area (Å²) < 4.78 is 6.19. The lowest BCUT2D eigenvalue weighted by Crippen LogP contribution is -2.40. The molecule has 0 aromatic carbocycles. The van der Waals surface area contributed by atoms with Gasteiger partial charge in [0.1, 0.15) is 0 Å². The highest BCUT2D eigenvalue weighted by Crippen LogP contribution is 2.42. The van der Waals surface area contributed by atoms with Crippen molar-refractivity contribution < 1.29 is 4.74 Å². The Morgan fingerprint density at radius 1 is 1.26 bits per heavy atom. The first-order valence-electron chi connectivity index (χ1n) is 8.22. The zero-order chi connectivity index (χ0) is 14.5. The molecule has 1 rings (SSSR count). The lowest BCUT2D eigenvalue weighted by molar-refractivity contribution is -0.0464. The van der Waals surface area contributed by atoms with Crippen LogP contribution in [0.2, 0.25) is 0 Å². The largest absolute Gasteiger partial charge is 0.378 e. The first-order chi connectivity index (χ1) is 8.90. The summed E-state index contributed by atoms with van der Waals surface area (Å²) in [4.78, 5) is 0. The molecule has 1 saturated carbocycles. The van der Waals surface area contributed by atoms with E-state index in [1.165, 1.54) is 25.7 Å². The molecular weight excluding hydrogens is 234 g/mol. The summed E-state index contributed by atoms with van der Waals surface area (Å²) >= 11 is 0. The molecule has 1 aliphatic rings. The van der Waals surface area contributed by atoms with Gasteiger partial charge in [-0.05, 0) is 55.4 Å². The summed E-state index contributed by atoms with van der Waals surface area (Å²) in [5.74, 6) is 2.10. The average Bonchev–Trinajstić information content (AvgIpc) is 2.38. The normalized spacial score (nSPS) is 28.9. The van der Waals surface area contributed by atoms with E-state index in [4.69, 9.17) is 10.5 Å². The summed E-state index contributed by atoms with van der Waals surface area (Å²) in [6, 6.07) is 0. The van der Waals surface area contributed by atoms with E-state index in [1.807, 2.05) is 0 Å². The van der Waals surface area contributed by atoms with Crippen molar-refractivity contribution in [3.63, 3.8) is 0 Å². The predicted octanol–water partition coefficient (Wildman–Crippen LogP) is 4.23. The molecule has 2 heteroatoms. The smallest absolute Gasteiger partial charge is 0.0618 e. The molecule has 3 atom stereocenters. The molecule has 0 amide bonds. The van der Waals surface area contributed by atoms with E-state index in [9.17, 15) is 0 Å². The molecule has 1 aliphatic carbocycles. The summed E-state index contributed by atoms with van der Waals surface area (Å²) in [6.45, 7) is 13.3. The van der Waals surface area contributed by atoms with Gasteiger partial charge >= 0.3 is 0 Å². The van der Waals surface area contributed by atoms with Gasteiger partial charge in [-0.15, -0.1) is 0 Å². The van der Waals surface area contributed by atoms with Crippen molar-refractivity contribution in [1.82, 2.24) is 0 Å². The topological polar surface area (TPSA) is 35.2 Å². The van der Waals surface area contributed by atoms with Crippen LogP contribution in [0.4, 0.5) is 0 Å². The Hall–Kier alpha value is -0.0800. The quantitative estimate of drug-likeness (QED) is 0.750. The van der Waals surface area contributed by atoms with Gasteiger partial charge in [0.2, 0.25) is 0 Å². The number of ether oxygens (including phenoxy) is 1. The summed E-state index contributed by atoms with van der Waals surface area (Å²) in [6.07, 6.45) is 6.59. The summed E-state index contributed by atoms with van der Waals surface area (Å²) in [5.41, 5.74) is 6.38. The van der Waals surface area contributed by atoms with Crippen LogP contribution in [0, 0.1) is 23.2 Å². The van der Waals surface area contributed by atoms with Gasteiger partial charge in [-0.3, -0.25) is 0 Å². The van der Waals surface area contributed by atoms with E-state index in [2.05, 4.69) is 34.6 Å². The minimum Gasteiger partial charge on any atom is -0.378 e. The van der Waals surface area contributed by atoms with E-state index >= 15 is 0 Å². The van der Waals surface area contributed by atoms with Crippen LogP contribution in [0.25, 0.3) is 0 Å². The summed E-state index contributed by atoms with van der Waals surface area (Å²) in [5, 5.41) is 0. The van der Waals surface area contributed by atoms with Crippen LogP contribution in [0.15, 0.2) is 0 Å². The third-order valence-corrected chi connectivity index (χ3v) is 5.27. The third kappa shape index (κ3) is 5.07. The fourth-order valence-electron chi connectivity index (χ4n) is 3.12. The molecule has 0 aromatic rings. The molecule has 0 saturated heterocycles. The maximum absolute atomic E-state index is 6.19. The molecule has 0 radical (unpaired) electrons. The van der Waals surface area contributed by atoms with Gasteiger partial charge in [0.25, 0.3) is 0 Å². The molecule has 0 aromatic heterocycles. The molecule has 114 valence electrons. The van der Waals surface area contributed by atoms with E-state index in [0.29, 0.717) is 17.4 Å². The molecule has 1 fully saturated rings. The Morgan fingerprint density at radius 3 is 2.47 bits per heavy atom. The van der Waals surface area contributed by atoms with Gasteiger partial charge in [0.05, 0.1) is 6.10 Å². The van der Waals surface area contributed by atoms with Crippen LogP contribution in [0.5, 0.6) is 0 Å². The van der Waals surface area contributed by atoms with Crippen LogP contribution >= 0.6 is 0 Å². The highest BCUT2D eigenvalue weighted by molar-refractivity contribution is 4.88. The van der Waals surface area contributed by atoms with E-state index < -0.39 is 0 Å².